The average molecular weight is 414 g/mol. The zero-order chi connectivity index (χ0) is 21.0. The number of esters is 1. The molecule has 0 unspecified atom stereocenters. The topological polar surface area (TPSA) is 79.1 Å². The fourth-order valence-corrected chi connectivity index (χ4v) is 3.84. The van der Waals surface area contributed by atoms with Crippen LogP contribution in [0, 0.1) is 13.8 Å². The molecule has 0 radical (unpaired) electrons. The molecule has 0 aliphatic rings. The fraction of sp³-hybridized carbons (Fsp3) is 0.286. The van der Waals surface area contributed by atoms with E-state index in [2.05, 4.69) is 4.99 Å². The molecule has 3 rings (SSSR count). The highest BCUT2D eigenvalue weighted by molar-refractivity contribution is 7.16. The van der Waals surface area contributed by atoms with E-state index in [1.807, 2.05) is 26.0 Å². The van der Waals surface area contributed by atoms with Crippen LogP contribution < -0.4 is 14.3 Å². The van der Waals surface area contributed by atoms with E-state index in [0.29, 0.717) is 16.3 Å². The van der Waals surface area contributed by atoms with Crippen LogP contribution in [0.5, 0.6) is 11.5 Å². The number of benzene rings is 2. The summed E-state index contributed by atoms with van der Waals surface area (Å²) in [4.78, 5) is 28.9. The van der Waals surface area contributed by atoms with Gasteiger partial charge in [-0.1, -0.05) is 11.3 Å². The van der Waals surface area contributed by atoms with Crippen molar-refractivity contribution in [2.45, 2.75) is 20.4 Å². The van der Waals surface area contributed by atoms with Crippen molar-refractivity contribution in [3.05, 3.63) is 52.3 Å². The Morgan fingerprint density at radius 2 is 1.69 bits per heavy atom. The zero-order valence-corrected chi connectivity index (χ0v) is 17.5. The van der Waals surface area contributed by atoms with Crippen LogP contribution in [-0.4, -0.2) is 37.3 Å². The molecule has 1 aromatic heterocycles. The Morgan fingerprint density at radius 3 is 2.34 bits per heavy atom. The number of nitrogens with zero attached hydrogens (tertiary/aromatic N) is 2. The highest BCUT2D eigenvalue weighted by atomic mass is 32.1. The minimum Gasteiger partial charge on any atom is -0.497 e. The molecule has 0 atom stereocenters. The SMILES string of the molecule is COC(=O)Cn1c(=NC(=O)COc2ccc(OC)cc2)sc2cc(C)c(C)cc21. The van der Waals surface area contributed by atoms with Crippen molar-refractivity contribution in [2.75, 3.05) is 20.8 Å². The number of carbonyl (C=O) groups is 2. The first-order chi connectivity index (χ1) is 13.9. The number of thiazole rings is 1. The molecule has 8 heteroatoms. The second-order valence-electron chi connectivity index (χ2n) is 6.42. The molecule has 152 valence electrons. The number of methoxy groups -OCH3 is 2. The number of hydrogen-bond acceptors (Lipinski definition) is 6. The Bertz CT molecular complexity index is 1110. The molecule has 0 saturated heterocycles. The van der Waals surface area contributed by atoms with Crippen molar-refractivity contribution in [2.24, 2.45) is 4.99 Å². The smallest absolute Gasteiger partial charge is 0.325 e. The predicted molar refractivity (Wildman–Crippen MR) is 110 cm³/mol. The lowest BCUT2D eigenvalue weighted by atomic mass is 10.1. The van der Waals surface area contributed by atoms with Crippen molar-refractivity contribution in [1.29, 1.82) is 0 Å². The third-order valence-electron chi connectivity index (χ3n) is 4.46. The maximum atomic E-state index is 12.4. The summed E-state index contributed by atoms with van der Waals surface area (Å²) < 4.78 is 18.0. The van der Waals surface area contributed by atoms with Crippen molar-refractivity contribution >= 4 is 33.4 Å². The second-order valence-corrected chi connectivity index (χ2v) is 7.43. The van der Waals surface area contributed by atoms with Crippen LogP contribution in [0.3, 0.4) is 0 Å². The number of hydrogen-bond donors (Lipinski definition) is 0. The molecular formula is C21H22N2O5S. The summed E-state index contributed by atoms with van der Waals surface area (Å²) in [6, 6.07) is 10.9. The number of aromatic nitrogens is 1. The van der Waals surface area contributed by atoms with Gasteiger partial charge in [0.15, 0.2) is 11.4 Å². The van der Waals surface area contributed by atoms with Gasteiger partial charge in [-0.15, -0.1) is 0 Å². The molecule has 0 aliphatic heterocycles. The number of rotatable bonds is 6. The highest BCUT2D eigenvalue weighted by Gasteiger charge is 2.13. The Kier molecular flexibility index (Phi) is 6.33. The van der Waals surface area contributed by atoms with Crippen molar-refractivity contribution < 1.29 is 23.8 Å². The first-order valence-electron chi connectivity index (χ1n) is 8.93. The third kappa shape index (κ3) is 4.83. The van der Waals surface area contributed by atoms with Crippen molar-refractivity contribution in [3.63, 3.8) is 0 Å². The zero-order valence-electron chi connectivity index (χ0n) is 16.7. The lowest BCUT2D eigenvalue weighted by molar-refractivity contribution is -0.141. The number of aryl methyl sites for hydroxylation is 2. The summed E-state index contributed by atoms with van der Waals surface area (Å²) in [5, 5.41) is 0. The molecule has 0 spiro atoms. The van der Waals surface area contributed by atoms with Crippen LogP contribution in [0.15, 0.2) is 41.4 Å². The van der Waals surface area contributed by atoms with Gasteiger partial charge in [0, 0.05) is 0 Å². The van der Waals surface area contributed by atoms with Crippen LogP contribution >= 0.6 is 11.3 Å². The summed E-state index contributed by atoms with van der Waals surface area (Å²) in [7, 11) is 2.91. The summed E-state index contributed by atoms with van der Waals surface area (Å²) in [5.74, 6) is 0.387. The summed E-state index contributed by atoms with van der Waals surface area (Å²) in [6.45, 7) is 3.78. The van der Waals surface area contributed by atoms with Crippen LogP contribution in [-0.2, 0) is 20.9 Å². The largest absolute Gasteiger partial charge is 0.497 e. The van der Waals surface area contributed by atoms with Gasteiger partial charge in [0.2, 0.25) is 0 Å². The van der Waals surface area contributed by atoms with Gasteiger partial charge in [-0.25, -0.2) is 0 Å². The lowest BCUT2D eigenvalue weighted by Gasteiger charge is -2.06. The second kappa shape index (κ2) is 8.91. The minimum absolute atomic E-state index is 0.0234. The van der Waals surface area contributed by atoms with Gasteiger partial charge < -0.3 is 18.8 Å². The molecule has 0 saturated carbocycles. The van der Waals surface area contributed by atoms with Gasteiger partial charge in [-0.3, -0.25) is 9.59 Å². The number of ether oxygens (including phenoxy) is 3. The Morgan fingerprint density at radius 1 is 1.03 bits per heavy atom. The van der Waals surface area contributed by atoms with Gasteiger partial charge in [0.25, 0.3) is 5.91 Å². The standard InChI is InChI=1S/C21H22N2O5S/c1-13-9-17-18(10-14(13)2)29-21(23(17)11-20(25)27-4)22-19(24)12-28-16-7-5-15(26-3)6-8-16/h5-10H,11-12H2,1-4H3. The normalized spacial score (nSPS) is 11.5. The minimum atomic E-state index is -0.445. The quantitative estimate of drug-likeness (QED) is 0.580. The Labute approximate surface area is 172 Å². The third-order valence-corrected chi connectivity index (χ3v) is 5.50. The van der Waals surface area contributed by atoms with E-state index in [-0.39, 0.29) is 13.2 Å². The van der Waals surface area contributed by atoms with E-state index in [1.54, 1.807) is 35.9 Å². The van der Waals surface area contributed by atoms with Crippen molar-refractivity contribution in [3.8, 4) is 11.5 Å². The van der Waals surface area contributed by atoms with E-state index < -0.39 is 11.9 Å². The van der Waals surface area contributed by atoms with E-state index >= 15 is 0 Å². The summed E-state index contributed by atoms with van der Waals surface area (Å²) >= 11 is 1.35. The molecule has 7 nitrogen and oxygen atoms in total. The van der Waals surface area contributed by atoms with Crippen LogP contribution in [0.25, 0.3) is 10.2 Å². The maximum Gasteiger partial charge on any atom is 0.325 e. The highest BCUT2D eigenvalue weighted by Crippen LogP contribution is 2.22. The van der Waals surface area contributed by atoms with E-state index in [0.717, 1.165) is 21.3 Å². The first kappa shape index (κ1) is 20.6. The van der Waals surface area contributed by atoms with Gasteiger partial charge in [-0.05, 0) is 61.4 Å². The van der Waals surface area contributed by atoms with Crippen LogP contribution in [0.1, 0.15) is 11.1 Å². The molecule has 0 N–H and O–H groups in total. The van der Waals surface area contributed by atoms with E-state index in [4.69, 9.17) is 14.2 Å². The molecule has 29 heavy (non-hydrogen) atoms. The Hall–Kier alpha value is -3.13. The van der Waals surface area contributed by atoms with E-state index in [1.165, 1.54) is 18.4 Å². The molecule has 2 aromatic carbocycles. The fourth-order valence-electron chi connectivity index (χ4n) is 2.71. The maximum absolute atomic E-state index is 12.4. The molecule has 0 aliphatic carbocycles. The van der Waals surface area contributed by atoms with Crippen LogP contribution in [0.2, 0.25) is 0 Å². The predicted octanol–water partition coefficient (Wildman–Crippen LogP) is 3.01. The lowest BCUT2D eigenvalue weighted by Crippen LogP contribution is -2.23. The van der Waals surface area contributed by atoms with Gasteiger partial charge >= 0.3 is 5.97 Å². The number of fused-ring (bicyclic) bond motifs is 1. The molecular weight excluding hydrogens is 392 g/mol. The molecule has 1 amide bonds. The summed E-state index contributed by atoms with van der Waals surface area (Å²) in [6.07, 6.45) is 0. The molecule has 0 bridgehead atoms. The first-order valence-corrected chi connectivity index (χ1v) is 9.74. The van der Waals surface area contributed by atoms with E-state index in [9.17, 15) is 9.59 Å². The molecule has 3 aromatic rings. The number of amides is 1. The van der Waals surface area contributed by atoms with Gasteiger partial charge in [0.05, 0.1) is 24.4 Å². The molecule has 1 heterocycles. The van der Waals surface area contributed by atoms with Gasteiger partial charge in [-0.2, -0.15) is 4.99 Å². The number of carbonyl (C=O) groups excluding carboxylic acids is 2. The average Bonchev–Trinajstić information content (AvgIpc) is 3.02. The Balaban J connectivity index is 1.89. The van der Waals surface area contributed by atoms with Gasteiger partial charge in [0.1, 0.15) is 18.0 Å². The summed E-state index contributed by atoms with van der Waals surface area (Å²) in [5.41, 5.74) is 3.06. The molecule has 0 fully saturated rings. The van der Waals surface area contributed by atoms with Crippen molar-refractivity contribution in [1.82, 2.24) is 4.57 Å². The monoisotopic (exact) mass is 414 g/mol. The van der Waals surface area contributed by atoms with Crippen LogP contribution in [0.4, 0.5) is 0 Å².